The molecule has 1 atom stereocenters. The van der Waals surface area contributed by atoms with E-state index in [9.17, 15) is 4.79 Å². The number of halogens is 2. The van der Waals surface area contributed by atoms with E-state index in [1.165, 1.54) is 7.11 Å². The lowest BCUT2D eigenvalue weighted by Crippen LogP contribution is -2.27. The molecular formula is C17H17Cl2NO3. The Bertz CT molecular complexity index is 671. The van der Waals surface area contributed by atoms with E-state index in [4.69, 9.17) is 32.7 Å². The zero-order chi connectivity index (χ0) is 16.8. The van der Waals surface area contributed by atoms with Gasteiger partial charge in [-0.2, -0.15) is 0 Å². The third kappa shape index (κ3) is 4.86. The van der Waals surface area contributed by atoms with Crippen molar-refractivity contribution in [3.05, 3.63) is 63.6 Å². The van der Waals surface area contributed by atoms with E-state index in [0.29, 0.717) is 22.4 Å². The molecule has 1 unspecified atom stereocenters. The smallest absolute Gasteiger partial charge is 0.253 e. The van der Waals surface area contributed by atoms with Gasteiger partial charge in [0.1, 0.15) is 12.4 Å². The number of hydrogen-bond acceptors (Lipinski definition) is 3. The molecule has 0 aliphatic heterocycles. The lowest BCUT2D eigenvalue weighted by atomic mass is 10.1. The molecule has 1 N–H and O–H groups in total. The third-order valence-electron chi connectivity index (χ3n) is 3.22. The Morgan fingerprint density at radius 1 is 1.17 bits per heavy atom. The van der Waals surface area contributed by atoms with Crippen LogP contribution in [-0.2, 0) is 16.1 Å². The van der Waals surface area contributed by atoms with Crippen molar-refractivity contribution in [2.75, 3.05) is 14.2 Å². The van der Waals surface area contributed by atoms with Gasteiger partial charge in [0.2, 0.25) is 0 Å². The minimum absolute atomic E-state index is 0.202. The molecule has 0 heterocycles. The fourth-order valence-electron chi connectivity index (χ4n) is 2.15. The first-order valence-corrected chi connectivity index (χ1v) is 7.71. The molecule has 0 aromatic heterocycles. The molecule has 0 aliphatic carbocycles. The normalized spacial score (nSPS) is 11.8. The average Bonchev–Trinajstić information content (AvgIpc) is 2.53. The van der Waals surface area contributed by atoms with Crippen LogP contribution in [0.1, 0.15) is 17.2 Å². The summed E-state index contributed by atoms with van der Waals surface area (Å²) in [4.78, 5) is 11.8. The Hall–Kier alpha value is -1.75. The highest BCUT2D eigenvalue weighted by Gasteiger charge is 2.18. The van der Waals surface area contributed by atoms with Crippen LogP contribution in [0.2, 0.25) is 10.0 Å². The van der Waals surface area contributed by atoms with Crippen molar-refractivity contribution in [3.63, 3.8) is 0 Å². The average molecular weight is 354 g/mol. The molecule has 1 amide bonds. The number of carbonyl (C=O) groups is 1. The van der Waals surface area contributed by atoms with Crippen molar-refractivity contribution in [3.8, 4) is 5.75 Å². The van der Waals surface area contributed by atoms with Crippen LogP contribution < -0.4 is 10.1 Å². The maximum atomic E-state index is 11.8. The molecule has 0 bridgehead atoms. The lowest BCUT2D eigenvalue weighted by molar-refractivity contribution is -0.130. The third-order valence-corrected chi connectivity index (χ3v) is 3.65. The number of likely N-dealkylation sites (N-methyl/N-ethyl adjacent to an activating group) is 1. The summed E-state index contributed by atoms with van der Waals surface area (Å²) in [5, 5.41) is 3.61. The van der Waals surface area contributed by atoms with E-state index in [2.05, 4.69) is 5.32 Å². The van der Waals surface area contributed by atoms with Gasteiger partial charge in [0.25, 0.3) is 5.91 Å². The predicted octanol–water partition coefficient (Wildman–Crippen LogP) is 4.01. The molecule has 6 heteroatoms. The molecule has 0 saturated heterocycles. The summed E-state index contributed by atoms with van der Waals surface area (Å²) in [6.45, 7) is 0.328. The maximum absolute atomic E-state index is 11.8. The monoisotopic (exact) mass is 353 g/mol. The Labute approximate surface area is 145 Å². The van der Waals surface area contributed by atoms with Crippen molar-refractivity contribution in [1.82, 2.24) is 5.32 Å². The highest BCUT2D eigenvalue weighted by atomic mass is 35.5. The second-order valence-electron chi connectivity index (χ2n) is 4.87. The maximum Gasteiger partial charge on any atom is 0.253 e. The van der Waals surface area contributed by atoms with E-state index in [1.54, 1.807) is 25.2 Å². The SMILES string of the molecule is CNC(=O)C(OC)c1cccc(COc2cc(Cl)cc(Cl)c2)c1. The number of methoxy groups -OCH3 is 1. The van der Waals surface area contributed by atoms with Crippen LogP contribution >= 0.6 is 23.2 Å². The van der Waals surface area contributed by atoms with Crippen molar-refractivity contribution in [2.45, 2.75) is 12.7 Å². The van der Waals surface area contributed by atoms with Crippen molar-refractivity contribution in [2.24, 2.45) is 0 Å². The van der Waals surface area contributed by atoms with Gasteiger partial charge in [-0.25, -0.2) is 0 Å². The summed E-state index contributed by atoms with van der Waals surface area (Å²) < 4.78 is 10.9. The molecule has 4 nitrogen and oxygen atoms in total. The number of hydrogen-bond donors (Lipinski definition) is 1. The van der Waals surface area contributed by atoms with Crippen LogP contribution in [0, 0.1) is 0 Å². The summed E-state index contributed by atoms with van der Waals surface area (Å²) in [6.07, 6.45) is -0.652. The largest absolute Gasteiger partial charge is 0.489 e. The fraction of sp³-hybridized carbons (Fsp3) is 0.235. The van der Waals surface area contributed by atoms with Crippen LogP contribution in [0.5, 0.6) is 5.75 Å². The first-order valence-electron chi connectivity index (χ1n) is 6.95. The van der Waals surface area contributed by atoms with E-state index in [0.717, 1.165) is 11.1 Å². The van der Waals surface area contributed by atoms with Crippen molar-refractivity contribution < 1.29 is 14.3 Å². The molecular weight excluding hydrogens is 337 g/mol. The summed E-state index contributed by atoms with van der Waals surface area (Å²) >= 11 is 11.9. The first-order chi connectivity index (χ1) is 11.0. The number of ether oxygens (including phenoxy) is 2. The quantitative estimate of drug-likeness (QED) is 0.853. The molecule has 2 aromatic carbocycles. The summed E-state index contributed by atoms with van der Waals surface area (Å²) in [7, 11) is 3.07. The van der Waals surface area contributed by atoms with Crippen molar-refractivity contribution >= 4 is 29.1 Å². The van der Waals surface area contributed by atoms with E-state index >= 15 is 0 Å². The van der Waals surface area contributed by atoms with Gasteiger partial charge in [0, 0.05) is 24.2 Å². The molecule has 0 spiro atoms. The molecule has 2 aromatic rings. The van der Waals surface area contributed by atoms with Gasteiger partial charge in [-0.3, -0.25) is 4.79 Å². The second-order valence-corrected chi connectivity index (χ2v) is 5.74. The first kappa shape index (κ1) is 17.6. The molecule has 0 radical (unpaired) electrons. The van der Waals surface area contributed by atoms with Crippen LogP contribution in [0.25, 0.3) is 0 Å². The number of nitrogens with one attached hydrogen (secondary N) is 1. The topological polar surface area (TPSA) is 47.6 Å². The van der Waals surface area contributed by atoms with Gasteiger partial charge in [0.05, 0.1) is 0 Å². The number of carbonyl (C=O) groups excluding carboxylic acids is 1. The highest BCUT2D eigenvalue weighted by molar-refractivity contribution is 6.34. The van der Waals surface area contributed by atoms with Gasteiger partial charge < -0.3 is 14.8 Å². The highest BCUT2D eigenvalue weighted by Crippen LogP contribution is 2.25. The van der Waals surface area contributed by atoms with Gasteiger partial charge >= 0.3 is 0 Å². The zero-order valence-corrected chi connectivity index (χ0v) is 14.3. The zero-order valence-electron chi connectivity index (χ0n) is 12.8. The minimum Gasteiger partial charge on any atom is -0.489 e. The molecule has 0 aliphatic rings. The minimum atomic E-state index is -0.652. The van der Waals surface area contributed by atoms with Crippen LogP contribution in [0.15, 0.2) is 42.5 Å². The molecule has 2 rings (SSSR count). The van der Waals surface area contributed by atoms with E-state index in [1.807, 2.05) is 24.3 Å². The summed E-state index contributed by atoms with van der Waals surface area (Å²) in [5.74, 6) is 0.384. The van der Waals surface area contributed by atoms with Crippen LogP contribution in [0.4, 0.5) is 0 Å². The molecule has 0 fully saturated rings. The summed E-state index contributed by atoms with van der Waals surface area (Å²) in [6, 6.07) is 12.5. The van der Waals surface area contributed by atoms with Gasteiger partial charge in [-0.05, 0) is 35.4 Å². The Balaban J connectivity index is 2.12. The number of amides is 1. The Kier molecular flexibility index (Phi) is 6.28. The standard InChI is InChI=1S/C17H17Cl2NO3/c1-20-17(21)16(22-2)12-5-3-4-11(6-12)10-23-15-8-13(18)7-14(19)9-15/h3-9,16H,10H2,1-2H3,(H,20,21). The van der Waals surface area contributed by atoms with Gasteiger partial charge in [-0.1, -0.05) is 41.4 Å². The predicted molar refractivity (Wildman–Crippen MR) is 91.1 cm³/mol. The summed E-state index contributed by atoms with van der Waals surface area (Å²) in [5.41, 5.74) is 1.67. The molecule has 122 valence electrons. The van der Waals surface area contributed by atoms with Crippen LogP contribution in [0.3, 0.4) is 0 Å². The van der Waals surface area contributed by atoms with E-state index in [-0.39, 0.29) is 5.91 Å². The fourth-order valence-corrected chi connectivity index (χ4v) is 2.66. The van der Waals surface area contributed by atoms with Gasteiger partial charge in [0.15, 0.2) is 6.10 Å². The Morgan fingerprint density at radius 2 is 1.87 bits per heavy atom. The Morgan fingerprint density at radius 3 is 2.48 bits per heavy atom. The van der Waals surface area contributed by atoms with Crippen molar-refractivity contribution in [1.29, 1.82) is 0 Å². The second kappa shape index (κ2) is 8.20. The molecule has 0 saturated carbocycles. The van der Waals surface area contributed by atoms with E-state index < -0.39 is 6.10 Å². The number of rotatable bonds is 6. The van der Waals surface area contributed by atoms with Gasteiger partial charge in [-0.15, -0.1) is 0 Å². The lowest BCUT2D eigenvalue weighted by Gasteiger charge is -2.15. The molecule has 23 heavy (non-hydrogen) atoms. The number of benzene rings is 2. The van der Waals surface area contributed by atoms with Crippen LogP contribution in [-0.4, -0.2) is 20.1 Å².